The van der Waals surface area contributed by atoms with Gasteiger partial charge in [-0.1, -0.05) is 18.5 Å². The van der Waals surface area contributed by atoms with Crippen molar-refractivity contribution < 1.29 is 13.5 Å². The van der Waals surface area contributed by atoms with Crippen molar-refractivity contribution in [3.8, 4) is 0 Å². The van der Waals surface area contributed by atoms with E-state index < -0.39 is 15.9 Å². The summed E-state index contributed by atoms with van der Waals surface area (Å²) in [4.78, 5) is 0. The largest absolute Gasteiger partial charge is 0.392 e. The van der Waals surface area contributed by atoms with Crippen LogP contribution < -0.4 is 0 Å². The monoisotopic (exact) mass is 306 g/mol. The lowest BCUT2D eigenvalue weighted by molar-refractivity contribution is 0.118. The lowest BCUT2D eigenvalue weighted by Crippen LogP contribution is -2.25. The number of sulfone groups is 1. The number of aliphatic hydroxyl groups is 1. The molecular formula is C12H19ClN2O3S. The van der Waals surface area contributed by atoms with E-state index in [2.05, 4.69) is 5.10 Å². The van der Waals surface area contributed by atoms with Crippen LogP contribution in [0.5, 0.6) is 0 Å². The number of hydrogen-bond donors (Lipinski definition) is 1. The molecule has 1 fully saturated rings. The van der Waals surface area contributed by atoms with Crippen LogP contribution in [0.25, 0.3) is 0 Å². The SMILES string of the molecule is CCc1nn(C)c(CC(O)C2CCS(=O)(=O)C2)c1Cl. The highest BCUT2D eigenvalue weighted by molar-refractivity contribution is 7.91. The Kier molecular flexibility index (Phi) is 4.23. The minimum Gasteiger partial charge on any atom is -0.392 e. The van der Waals surface area contributed by atoms with E-state index in [-0.39, 0.29) is 17.4 Å². The van der Waals surface area contributed by atoms with Gasteiger partial charge in [0.25, 0.3) is 0 Å². The zero-order chi connectivity index (χ0) is 14.2. The van der Waals surface area contributed by atoms with Gasteiger partial charge >= 0.3 is 0 Å². The Bertz CT molecular complexity index is 568. The Morgan fingerprint density at radius 2 is 2.26 bits per heavy atom. The van der Waals surface area contributed by atoms with E-state index in [1.807, 2.05) is 6.92 Å². The molecule has 1 aromatic heterocycles. The Morgan fingerprint density at radius 3 is 2.74 bits per heavy atom. The average molecular weight is 307 g/mol. The first kappa shape index (κ1) is 14.8. The zero-order valence-electron chi connectivity index (χ0n) is 11.1. The molecule has 1 aromatic rings. The third-order valence-corrected chi connectivity index (χ3v) is 5.95. The van der Waals surface area contributed by atoms with Crippen molar-refractivity contribution >= 4 is 21.4 Å². The Labute approximate surface area is 118 Å². The Balaban J connectivity index is 2.11. The Morgan fingerprint density at radius 1 is 1.58 bits per heavy atom. The molecule has 2 rings (SSSR count). The molecule has 5 nitrogen and oxygen atoms in total. The smallest absolute Gasteiger partial charge is 0.150 e. The van der Waals surface area contributed by atoms with E-state index in [0.717, 1.165) is 17.8 Å². The maximum atomic E-state index is 11.4. The normalized spacial score (nSPS) is 23.7. The summed E-state index contributed by atoms with van der Waals surface area (Å²) in [5, 5.41) is 15.1. The highest BCUT2D eigenvalue weighted by Crippen LogP contribution is 2.27. The van der Waals surface area contributed by atoms with Crippen LogP contribution >= 0.6 is 11.6 Å². The van der Waals surface area contributed by atoms with Gasteiger partial charge in [0.05, 0.1) is 34.0 Å². The van der Waals surface area contributed by atoms with Gasteiger partial charge in [-0.2, -0.15) is 5.10 Å². The molecule has 7 heteroatoms. The highest BCUT2D eigenvalue weighted by Gasteiger charge is 2.33. The molecule has 1 aliphatic heterocycles. The van der Waals surface area contributed by atoms with Crippen molar-refractivity contribution in [3.63, 3.8) is 0 Å². The van der Waals surface area contributed by atoms with Crippen LogP contribution in [0.3, 0.4) is 0 Å². The van der Waals surface area contributed by atoms with E-state index in [4.69, 9.17) is 11.6 Å². The van der Waals surface area contributed by atoms with Gasteiger partial charge in [0.1, 0.15) is 0 Å². The van der Waals surface area contributed by atoms with E-state index in [0.29, 0.717) is 17.9 Å². The van der Waals surface area contributed by atoms with Gasteiger partial charge < -0.3 is 5.11 Å². The number of hydrogen-bond acceptors (Lipinski definition) is 4. The molecule has 0 aliphatic carbocycles. The number of rotatable bonds is 4. The summed E-state index contributed by atoms with van der Waals surface area (Å²) in [5.41, 5.74) is 1.58. The number of nitrogens with zero attached hydrogens (tertiary/aromatic N) is 2. The van der Waals surface area contributed by atoms with Gasteiger partial charge in [0.15, 0.2) is 9.84 Å². The van der Waals surface area contributed by atoms with Crippen molar-refractivity contribution in [2.45, 2.75) is 32.3 Å². The molecule has 1 N–H and O–H groups in total. The molecule has 2 unspecified atom stereocenters. The fraction of sp³-hybridized carbons (Fsp3) is 0.750. The van der Waals surface area contributed by atoms with Crippen LogP contribution in [0.15, 0.2) is 0 Å². The molecule has 108 valence electrons. The van der Waals surface area contributed by atoms with E-state index in [1.54, 1.807) is 11.7 Å². The summed E-state index contributed by atoms with van der Waals surface area (Å²) < 4.78 is 24.5. The summed E-state index contributed by atoms with van der Waals surface area (Å²) in [6, 6.07) is 0. The first-order chi connectivity index (χ1) is 8.84. The van der Waals surface area contributed by atoms with E-state index in [1.165, 1.54) is 0 Å². The third kappa shape index (κ3) is 3.12. The van der Waals surface area contributed by atoms with Gasteiger partial charge in [0, 0.05) is 19.4 Å². The molecular weight excluding hydrogens is 288 g/mol. The van der Waals surface area contributed by atoms with Crippen LogP contribution in [-0.2, 0) is 29.7 Å². The van der Waals surface area contributed by atoms with Crippen LogP contribution in [0.1, 0.15) is 24.7 Å². The van der Waals surface area contributed by atoms with Crippen LogP contribution in [0, 0.1) is 5.92 Å². The van der Waals surface area contributed by atoms with Gasteiger partial charge in [-0.15, -0.1) is 0 Å². The Hall–Kier alpha value is -0.590. The first-order valence-corrected chi connectivity index (χ1v) is 8.62. The molecule has 2 heterocycles. The molecule has 2 atom stereocenters. The second-order valence-corrected chi connectivity index (χ2v) is 7.73. The number of aryl methyl sites for hydroxylation is 2. The fourth-order valence-corrected chi connectivity index (χ4v) is 4.77. The summed E-state index contributed by atoms with van der Waals surface area (Å²) in [6.07, 6.45) is 0.928. The minimum absolute atomic E-state index is 0.0737. The summed E-state index contributed by atoms with van der Waals surface area (Å²) >= 11 is 6.22. The van der Waals surface area contributed by atoms with Crippen molar-refractivity contribution in [2.24, 2.45) is 13.0 Å². The molecule has 0 amide bonds. The molecule has 0 saturated carbocycles. The van der Waals surface area contributed by atoms with E-state index >= 15 is 0 Å². The zero-order valence-corrected chi connectivity index (χ0v) is 12.7. The predicted molar refractivity (Wildman–Crippen MR) is 74.1 cm³/mol. The van der Waals surface area contributed by atoms with Crippen molar-refractivity contribution in [1.29, 1.82) is 0 Å². The lowest BCUT2D eigenvalue weighted by atomic mass is 9.98. The number of aliphatic hydroxyl groups excluding tert-OH is 1. The fourth-order valence-electron chi connectivity index (χ4n) is 2.53. The summed E-state index contributed by atoms with van der Waals surface area (Å²) in [5.74, 6) is 0.0549. The van der Waals surface area contributed by atoms with Gasteiger partial charge in [-0.3, -0.25) is 4.68 Å². The second kappa shape index (κ2) is 5.42. The summed E-state index contributed by atoms with van der Waals surface area (Å²) in [7, 11) is -1.18. The minimum atomic E-state index is -2.97. The second-order valence-electron chi connectivity index (χ2n) is 5.12. The molecule has 0 bridgehead atoms. The van der Waals surface area contributed by atoms with Gasteiger partial charge in [0.2, 0.25) is 0 Å². The maximum absolute atomic E-state index is 11.4. The lowest BCUT2D eigenvalue weighted by Gasteiger charge is -2.16. The van der Waals surface area contributed by atoms with Crippen LogP contribution in [-0.4, -0.2) is 40.9 Å². The van der Waals surface area contributed by atoms with Crippen molar-refractivity contribution in [1.82, 2.24) is 9.78 Å². The number of halogens is 1. The molecule has 1 aliphatic rings. The maximum Gasteiger partial charge on any atom is 0.150 e. The van der Waals surface area contributed by atoms with Crippen molar-refractivity contribution in [2.75, 3.05) is 11.5 Å². The van der Waals surface area contributed by atoms with Gasteiger partial charge in [-0.05, 0) is 12.8 Å². The molecule has 1 saturated heterocycles. The molecule has 0 aromatic carbocycles. The highest BCUT2D eigenvalue weighted by atomic mass is 35.5. The molecule has 19 heavy (non-hydrogen) atoms. The molecule has 0 radical (unpaired) electrons. The van der Waals surface area contributed by atoms with Crippen LogP contribution in [0.4, 0.5) is 0 Å². The van der Waals surface area contributed by atoms with Crippen LogP contribution in [0.2, 0.25) is 5.02 Å². The standard InChI is InChI=1S/C12H19ClN2O3S/c1-3-9-12(13)10(15(2)14-9)6-11(16)8-4-5-19(17,18)7-8/h8,11,16H,3-7H2,1-2H3. The van der Waals surface area contributed by atoms with E-state index in [9.17, 15) is 13.5 Å². The quantitative estimate of drug-likeness (QED) is 0.900. The number of aromatic nitrogens is 2. The predicted octanol–water partition coefficient (Wildman–Crippen LogP) is 0.974. The first-order valence-electron chi connectivity index (χ1n) is 6.42. The third-order valence-electron chi connectivity index (χ3n) is 3.72. The molecule has 0 spiro atoms. The van der Waals surface area contributed by atoms with Crippen molar-refractivity contribution in [3.05, 3.63) is 16.4 Å². The average Bonchev–Trinajstić information content (AvgIpc) is 2.83. The van der Waals surface area contributed by atoms with Gasteiger partial charge in [-0.25, -0.2) is 8.42 Å². The topological polar surface area (TPSA) is 72.2 Å². The summed E-state index contributed by atoms with van der Waals surface area (Å²) in [6.45, 7) is 1.97.